The summed E-state index contributed by atoms with van der Waals surface area (Å²) in [6.45, 7) is 10.7. The number of nitrogens with one attached hydrogen (secondary N) is 4. The van der Waals surface area contributed by atoms with E-state index in [-0.39, 0.29) is 37.7 Å². The molecule has 5 N–H and O–H groups in total. The largest absolute Gasteiger partial charge is 0.478 e. The number of carbonyl (C=O) groups is 8. The van der Waals surface area contributed by atoms with E-state index >= 15 is 0 Å². The normalized spacial score (nSPS) is 17.5. The highest BCUT2D eigenvalue weighted by atomic mass is 16.6. The Labute approximate surface area is 343 Å². The van der Waals surface area contributed by atoms with Crippen molar-refractivity contribution in [1.82, 2.24) is 26.2 Å². The predicted octanol–water partition coefficient (Wildman–Crippen LogP) is 3.22. The Morgan fingerprint density at radius 1 is 0.966 bits per heavy atom. The number of hydrogen-bond acceptors (Lipinski definition) is 11. The summed E-state index contributed by atoms with van der Waals surface area (Å²) in [5.41, 5.74) is -2.68. The van der Waals surface area contributed by atoms with Crippen LogP contribution in [0.1, 0.15) is 120 Å². The number of nitro benzene ring substituents is 1. The first-order valence-corrected chi connectivity index (χ1v) is 20.1. The number of nitrogens with zero attached hydrogens (tertiary/aromatic N) is 2. The number of aromatic carboxylic acids is 1. The number of ether oxygens (including phenoxy) is 1. The number of allylic oxidation sites excluding steroid dienone is 1. The van der Waals surface area contributed by atoms with Crippen molar-refractivity contribution in [3.63, 3.8) is 0 Å². The minimum absolute atomic E-state index is 0.0245. The number of amides is 5. The monoisotopic (exact) mass is 826 g/mol. The van der Waals surface area contributed by atoms with Crippen LogP contribution >= 0.6 is 0 Å². The maximum Gasteiger partial charge on any atom is 0.335 e. The summed E-state index contributed by atoms with van der Waals surface area (Å²) in [5, 5.41) is 31.9. The zero-order valence-electron chi connectivity index (χ0n) is 34.7. The highest BCUT2D eigenvalue weighted by Crippen LogP contribution is 2.29. The number of hydrogen-bond donors (Lipinski definition) is 5. The number of carbonyl (C=O) groups excluding carboxylic acids is 7. The molecule has 324 valence electrons. The summed E-state index contributed by atoms with van der Waals surface area (Å²) < 4.78 is 4.87. The lowest BCUT2D eigenvalue weighted by Crippen LogP contribution is -2.61. The first-order chi connectivity index (χ1) is 27.7. The summed E-state index contributed by atoms with van der Waals surface area (Å²) in [7, 11) is 0. The minimum Gasteiger partial charge on any atom is -0.478 e. The molecule has 59 heavy (non-hydrogen) atoms. The Hall–Kier alpha value is -5.68. The molecule has 18 heteroatoms. The van der Waals surface area contributed by atoms with E-state index in [4.69, 9.17) is 4.74 Å². The van der Waals surface area contributed by atoms with Crippen LogP contribution in [0.2, 0.25) is 0 Å². The average Bonchev–Trinajstić information content (AvgIpc) is 3.57. The van der Waals surface area contributed by atoms with Gasteiger partial charge in [-0.15, -0.1) is 0 Å². The van der Waals surface area contributed by atoms with Gasteiger partial charge in [0.15, 0.2) is 5.78 Å². The fraction of sp³-hybridized carbons (Fsp3) is 0.610. The standard InChI is InChI=1S/C41H58N6O12/c1-7-59-32(49)16-12-11-15-30(43-35(50)26-19-27(40(55)56)21-28(20-26)47(57)58)36(51)45-34(41(4,5)6)39(54)46-23-29(48)22-31(46)37(52)44-33(25-13-9-8-10-14-25)38(53)42-18-17-24(2)3/h12,16,19-21,24-25,30-31,33-34H,7-11,13-15,17-18,22-23H2,1-6H3,(H,42,53)(H,43,50)(H,44,52)(H,45,51)(H,55,56)/b16-12+/t30-,31-,33-,34+/m0/s1. The molecule has 1 aromatic rings. The second-order valence-electron chi connectivity index (χ2n) is 16.5. The molecule has 2 fully saturated rings. The molecule has 18 nitrogen and oxygen atoms in total. The number of benzene rings is 1. The highest BCUT2D eigenvalue weighted by Gasteiger charge is 2.46. The second kappa shape index (κ2) is 21.9. The van der Waals surface area contributed by atoms with Crippen LogP contribution in [0, 0.1) is 27.4 Å². The van der Waals surface area contributed by atoms with Crippen LogP contribution < -0.4 is 21.3 Å². The van der Waals surface area contributed by atoms with Crippen molar-refractivity contribution in [2.45, 2.75) is 123 Å². The number of nitro groups is 1. The van der Waals surface area contributed by atoms with Gasteiger partial charge in [0.2, 0.25) is 23.6 Å². The van der Waals surface area contributed by atoms with Gasteiger partial charge >= 0.3 is 11.9 Å². The maximum absolute atomic E-state index is 14.4. The molecule has 3 rings (SSSR count). The van der Waals surface area contributed by atoms with E-state index in [1.165, 1.54) is 6.08 Å². The predicted molar refractivity (Wildman–Crippen MR) is 214 cm³/mol. The van der Waals surface area contributed by atoms with E-state index in [9.17, 15) is 53.6 Å². The lowest BCUT2D eigenvalue weighted by atomic mass is 9.83. The number of carboxylic acid groups (broad SMARTS) is 1. The van der Waals surface area contributed by atoms with Gasteiger partial charge in [-0.3, -0.25) is 38.9 Å². The van der Waals surface area contributed by atoms with E-state index in [2.05, 4.69) is 21.3 Å². The molecule has 1 saturated heterocycles. The maximum atomic E-state index is 14.4. The van der Waals surface area contributed by atoms with Gasteiger partial charge < -0.3 is 36.0 Å². The van der Waals surface area contributed by atoms with Crippen LogP contribution in [-0.4, -0.2) is 106 Å². The first-order valence-electron chi connectivity index (χ1n) is 20.1. The van der Waals surface area contributed by atoms with Gasteiger partial charge in [0.25, 0.3) is 11.6 Å². The molecule has 0 bridgehead atoms. The third-order valence-electron chi connectivity index (χ3n) is 10.3. The van der Waals surface area contributed by atoms with Crippen molar-refractivity contribution < 1.29 is 53.1 Å². The molecule has 0 unspecified atom stereocenters. The van der Waals surface area contributed by atoms with Gasteiger partial charge in [-0.2, -0.15) is 0 Å². The molecular weight excluding hydrogens is 768 g/mol. The van der Waals surface area contributed by atoms with E-state index in [1.807, 2.05) is 13.8 Å². The van der Waals surface area contributed by atoms with Crippen molar-refractivity contribution >= 4 is 52.9 Å². The highest BCUT2D eigenvalue weighted by molar-refractivity contribution is 6.03. The molecule has 1 aliphatic carbocycles. The van der Waals surface area contributed by atoms with Crippen LogP contribution in [0.3, 0.4) is 0 Å². The van der Waals surface area contributed by atoms with Crippen LogP contribution in [0.4, 0.5) is 5.69 Å². The van der Waals surface area contributed by atoms with Crippen molar-refractivity contribution in [3.8, 4) is 0 Å². The Bertz CT molecular complexity index is 1750. The Kier molecular flexibility index (Phi) is 17.7. The number of carboxylic acids is 1. The fourth-order valence-corrected chi connectivity index (χ4v) is 7.04. The van der Waals surface area contributed by atoms with Gasteiger partial charge in [-0.25, -0.2) is 9.59 Å². The molecule has 0 spiro atoms. The number of non-ortho nitro benzene ring substituents is 1. The number of ketones is 1. The summed E-state index contributed by atoms with van der Waals surface area (Å²) in [5.74, 6) is -6.05. The number of rotatable bonds is 19. The molecule has 2 aliphatic rings. The summed E-state index contributed by atoms with van der Waals surface area (Å²) >= 11 is 0. The van der Waals surface area contributed by atoms with Crippen LogP contribution in [-0.2, 0) is 33.5 Å². The van der Waals surface area contributed by atoms with Gasteiger partial charge in [-0.1, -0.05) is 60.0 Å². The van der Waals surface area contributed by atoms with Crippen molar-refractivity contribution in [2.75, 3.05) is 19.7 Å². The van der Waals surface area contributed by atoms with Crippen LogP contribution in [0.15, 0.2) is 30.4 Å². The van der Waals surface area contributed by atoms with Gasteiger partial charge in [0.05, 0.1) is 23.6 Å². The average molecular weight is 827 g/mol. The third-order valence-corrected chi connectivity index (χ3v) is 10.3. The fourth-order valence-electron chi connectivity index (χ4n) is 7.04. The van der Waals surface area contributed by atoms with Crippen molar-refractivity contribution in [2.24, 2.45) is 17.3 Å². The molecule has 0 aromatic heterocycles. The van der Waals surface area contributed by atoms with Gasteiger partial charge in [0.1, 0.15) is 24.2 Å². The Balaban J connectivity index is 1.90. The molecule has 1 heterocycles. The molecule has 0 radical (unpaired) electrons. The van der Waals surface area contributed by atoms with Crippen molar-refractivity contribution in [1.29, 1.82) is 0 Å². The quantitative estimate of drug-likeness (QED) is 0.0583. The molecular formula is C41H58N6O12. The first kappa shape index (κ1) is 47.7. The number of Topliss-reactive ketones (excluding diaryl/α,β-unsaturated/α-hetero) is 1. The van der Waals surface area contributed by atoms with E-state index in [0.717, 1.165) is 67.7 Å². The van der Waals surface area contributed by atoms with Crippen LogP contribution in [0.25, 0.3) is 0 Å². The second-order valence-corrected chi connectivity index (χ2v) is 16.5. The third kappa shape index (κ3) is 14.3. The molecule has 5 amide bonds. The number of likely N-dealkylation sites (tertiary alicyclic amines) is 1. The van der Waals surface area contributed by atoms with E-state index in [1.54, 1.807) is 27.7 Å². The zero-order chi connectivity index (χ0) is 44.0. The minimum atomic E-state index is -1.53. The Morgan fingerprint density at radius 3 is 2.22 bits per heavy atom. The zero-order valence-corrected chi connectivity index (χ0v) is 34.7. The lowest BCUT2D eigenvalue weighted by molar-refractivity contribution is -0.384. The topological polar surface area (TPSA) is 261 Å². The van der Waals surface area contributed by atoms with Crippen molar-refractivity contribution in [3.05, 3.63) is 51.6 Å². The SMILES string of the molecule is CCOC(=O)/C=C/CC[C@H](NC(=O)c1cc(C(=O)O)cc([N+](=O)[O-])c1)C(=O)N[C@H](C(=O)N1CC(=O)C[C@H]1C(=O)N[C@H](C(=O)NCCC(C)C)C1CCCCC1)C(C)(C)C. The Morgan fingerprint density at radius 2 is 1.63 bits per heavy atom. The van der Waals surface area contributed by atoms with E-state index < -0.39 is 99.2 Å². The summed E-state index contributed by atoms with van der Waals surface area (Å²) in [4.78, 5) is 118. The summed E-state index contributed by atoms with van der Waals surface area (Å²) in [6.07, 6.45) is 7.10. The van der Waals surface area contributed by atoms with Gasteiger partial charge in [0, 0.05) is 36.7 Å². The molecule has 1 aromatic carbocycles. The number of esters is 1. The van der Waals surface area contributed by atoms with E-state index in [0.29, 0.717) is 12.5 Å². The molecule has 1 aliphatic heterocycles. The lowest BCUT2D eigenvalue weighted by Gasteiger charge is -2.36. The van der Waals surface area contributed by atoms with Gasteiger partial charge in [-0.05, 0) is 62.3 Å². The van der Waals surface area contributed by atoms with Crippen LogP contribution in [0.5, 0.6) is 0 Å². The molecule has 1 saturated carbocycles. The summed E-state index contributed by atoms with van der Waals surface area (Å²) in [6, 6.07) is -2.42. The smallest absolute Gasteiger partial charge is 0.335 e. The molecule has 4 atom stereocenters.